The average Bonchev–Trinajstić information content (AvgIpc) is 3.34. The molecular weight excluding hydrogens is 518 g/mol. The van der Waals surface area contributed by atoms with Gasteiger partial charge in [0, 0.05) is 19.4 Å². The molecule has 0 unspecified atom stereocenters. The van der Waals surface area contributed by atoms with Gasteiger partial charge in [-0.05, 0) is 51.8 Å². The van der Waals surface area contributed by atoms with Crippen molar-refractivity contribution in [3.8, 4) is 0 Å². The summed E-state index contributed by atoms with van der Waals surface area (Å²) in [6.07, 6.45) is 0.912. The van der Waals surface area contributed by atoms with E-state index >= 15 is 0 Å². The van der Waals surface area contributed by atoms with Crippen LogP contribution >= 0.6 is 11.3 Å². The number of carbonyl (C=O) groups is 2. The zero-order chi connectivity index (χ0) is 28.5. The van der Waals surface area contributed by atoms with Gasteiger partial charge < -0.3 is 24.4 Å². The Labute approximate surface area is 234 Å². The van der Waals surface area contributed by atoms with Crippen molar-refractivity contribution in [2.75, 3.05) is 6.61 Å². The van der Waals surface area contributed by atoms with Gasteiger partial charge in [-0.15, -0.1) is 11.3 Å². The molecule has 0 bridgehead atoms. The topological polar surface area (TPSA) is 118 Å². The monoisotopic (exact) mass is 559 g/mol. The highest BCUT2D eigenvalue weighted by Crippen LogP contribution is 2.45. The Morgan fingerprint density at radius 3 is 2.67 bits per heavy atom. The number of ether oxygens (including phenoxy) is 3. The van der Waals surface area contributed by atoms with E-state index in [1.54, 1.807) is 32.1 Å². The normalized spacial score (nSPS) is 34.7. The molecule has 9 heteroatoms. The fourth-order valence-electron chi connectivity index (χ4n) is 5.33. The molecule has 2 fully saturated rings. The number of aryl methyl sites for hydroxylation is 1. The predicted octanol–water partition coefficient (Wildman–Crippen LogP) is 4.84. The zero-order valence-corrected chi connectivity index (χ0v) is 24.5. The molecule has 1 aromatic carbocycles. The first-order valence-corrected chi connectivity index (χ1v) is 14.5. The van der Waals surface area contributed by atoms with E-state index in [0.717, 1.165) is 20.8 Å². The van der Waals surface area contributed by atoms with Crippen LogP contribution in [0.1, 0.15) is 77.0 Å². The van der Waals surface area contributed by atoms with Crippen molar-refractivity contribution < 1.29 is 34.0 Å². The number of nitrogens with zero attached hydrogens (tertiary/aromatic N) is 1. The van der Waals surface area contributed by atoms with E-state index in [-0.39, 0.29) is 18.3 Å². The maximum Gasteiger partial charge on any atom is 0.309 e. The van der Waals surface area contributed by atoms with Crippen molar-refractivity contribution in [1.29, 1.82) is 0 Å². The lowest BCUT2D eigenvalue weighted by molar-refractivity contribution is -0.157. The lowest BCUT2D eigenvalue weighted by atomic mass is 9.72. The van der Waals surface area contributed by atoms with Crippen LogP contribution < -0.4 is 0 Å². The molecule has 2 N–H and O–H groups in total. The summed E-state index contributed by atoms with van der Waals surface area (Å²) < 4.78 is 19.1. The van der Waals surface area contributed by atoms with Gasteiger partial charge in [0.15, 0.2) is 0 Å². The van der Waals surface area contributed by atoms with Crippen molar-refractivity contribution in [3.05, 3.63) is 40.9 Å². The van der Waals surface area contributed by atoms with E-state index < -0.39 is 47.3 Å². The lowest BCUT2D eigenvalue weighted by Gasteiger charge is -2.35. The predicted molar refractivity (Wildman–Crippen MR) is 149 cm³/mol. The summed E-state index contributed by atoms with van der Waals surface area (Å²) in [6, 6.07) is 5.87. The van der Waals surface area contributed by atoms with Crippen LogP contribution in [0.2, 0.25) is 0 Å². The minimum Gasteiger partial charge on any atom is -0.457 e. The van der Waals surface area contributed by atoms with Crippen molar-refractivity contribution in [1.82, 2.24) is 4.98 Å². The van der Waals surface area contributed by atoms with E-state index in [1.807, 2.05) is 51.1 Å². The summed E-state index contributed by atoms with van der Waals surface area (Å²) >= 11 is 1.60. The quantitative estimate of drug-likeness (QED) is 0.312. The van der Waals surface area contributed by atoms with Crippen LogP contribution in [0.5, 0.6) is 0 Å². The van der Waals surface area contributed by atoms with Crippen molar-refractivity contribution in [2.24, 2.45) is 11.3 Å². The number of esters is 1. The molecule has 2 aromatic rings. The van der Waals surface area contributed by atoms with Crippen molar-refractivity contribution in [3.63, 3.8) is 0 Å². The molecule has 2 aliphatic heterocycles. The number of thiazole rings is 1. The van der Waals surface area contributed by atoms with Crippen LogP contribution in [0.25, 0.3) is 10.2 Å². The van der Waals surface area contributed by atoms with Gasteiger partial charge >= 0.3 is 5.97 Å². The van der Waals surface area contributed by atoms with Gasteiger partial charge in [-0.3, -0.25) is 9.59 Å². The third-order valence-corrected chi connectivity index (χ3v) is 9.24. The Morgan fingerprint density at radius 1 is 1.21 bits per heavy atom. The highest BCUT2D eigenvalue weighted by Gasteiger charge is 2.53. The number of carbonyl (C=O) groups excluding carboxylic acids is 2. The number of aliphatic hydroxyl groups is 2. The van der Waals surface area contributed by atoms with Crippen LogP contribution in [0.4, 0.5) is 0 Å². The van der Waals surface area contributed by atoms with Crippen molar-refractivity contribution in [2.45, 2.75) is 103 Å². The van der Waals surface area contributed by atoms with E-state index in [0.29, 0.717) is 25.9 Å². The van der Waals surface area contributed by atoms with Gasteiger partial charge in [0.1, 0.15) is 11.9 Å². The van der Waals surface area contributed by atoms with Gasteiger partial charge in [-0.25, -0.2) is 4.98 Å². The molecular formula is C30H41NO7S. The number of benzene rings is 1. The molecule has 0 amide bonds. The number of Topliss-reactive ketones (excluding diaryl/α,β-unsaturated/α-hetero) is 1. The molecule has 39 heavy (non-hydrogen) atoms. The smallest absolute Gasteiger partial charge is 0.309 e. The highest BCUT2D eigenvalue weighted by atomic mass is 32.1. The number of allylic oxidation sites excluding steroid dienone is 2. The fraction of sp³-hybridized carbons (Fsp3) is 0.633. The second-order valence-corrected chi connectivity index (χ2v) is 12.9. The molecule has 2 aliphatic rings. The summed E-state index contributed by atoms with van der Waals surface area (Å²) in [5, 5.41) is 23.2. The molecule has 1 aromatic heterocycles. The number of aliphatic hydroxyl groups excluding tert-OH is 2. The van der Waals surface area contributed by atoms with E-state index in [2.05, 4.69) is 4.98 Å². The molecule has 214 valence electrons. The minimum absolute atomic E-state index is 0.148. The lowest BCUT2D eigenvalue weighted by Crippen LogP contribution is -2.48. The van der Waals surface area contributed by atoms with Gasteiger partial charge in [-0.1, -0.05) is 32.1 Å². The standard InChI is InChI=1S/C30H41NO7S/c1-7-8-9-20-27(34)17(2)36-13-12-30(6)25(38-30)15-22(19-10-11-23-21(14-19)31-18(3)39-23)37-26(33)16-24(32)29(4,5)28(20)35/h7-8,10-11,14,17,20,22,24-25,27,32,34H,9,12-13,15-16H2,1-6H3/t17-,20-,22+,24+,25+,27-,30-/m1/s1. The molecule has 8 nitrogen and oxygen atoms in total. The second-order valence-electron chi connectivity index (χ2n) is 11.6. The Kier molecular flexibility index (Phi) is 8.98. The first-order valence-electron chi connectivity index (χ1n) is 13.7. The summed E-state index contributed by atoms with van der Waals surface area (Å²) in [6.45, 7) is 11.1. The molecule has 4 rings (SSSR count). The Hall–Kier alpha value is -2.17. The number of hydrogen-bond donors (Lipinski definition) is 2. The number of aromatic nitrogens is 1. The number of epoxide rings is 1. The zero-order valence-electron chi connectivity index (χ0n) is 23.7. The first-order chi connectivity index (χ1) is 18.4. The Balaban J connectivity index is 1.63. The van der Waals surface area contributed by atoms with Crippen LogP contribution in [-0.4, -0.2) is 63.6 Å². The van der Waals surface area contributed by atoms with Gasteiger partial charge in [0.25, 0.3) is 0 Å². The third kappa shape index (κ3) is 6.60. The maximum absolute atomic E-state index is 13.7. The molecule has 0 saturated carbocycles. The first kappa shape index (κ1) is 29.8. The molecule has 7 atom stereocenters. The van der Waals surface area contributed by atoms with Gasteiger partial charge in [0.05, 0.1) is 63.0 Å². The number of rotatable bonds is 3. The molecule has 0 radical (unpaired) electrons. The van der Waals surface area contributed by atoms with Crippen LogP contribution in [0.3, 0.4) is 0 Å². The van der Waals surface area contributed by atoms with E-state index in [1.165, 1.54) is 0 Å². The number of cyclic esters (lactones) is 1. The molecule has 0 spiro atoms. The van der Waals surface area contributed by atoms with E-state index in [4.69, 9.17) is 14.2 Å². The summed E-state index contributed by atoms with van der Waals surface area (Å²) in [5.41, 5.74) is -0.0923. The van der Waals surface area contributed by atoms with Crippen molar-refractivity contribution >= 4 is 33.3 Å². The SMILES string of the molecule is CC=CC[C@H]1C(=O)C(C)(C)[C@@H](O)CC(=O)O[C@H](c2ccc3sc(C)nc3c2)C[C@@H]2O[C@]2(C)CCO[C@H](C)[C@H]1O. The largest absolute Gasteiger partial charge is 0.457 e. The number of ketones is 1. The molecule has 2 saturated heterocycles. The Morgan fingerprint density at radius 2 is 1.95 bits per heavy atom. The van der Waals surface area contributed by atoms with E-state index in [9.17, 15) is 19.8 Å². The summed E-state index contributed by atoms with van der Waals surface area (Å²) in [4.78, 5) is 31.4. The summed E-state index contributed by atoms with van der Waals surface area (Å²) in [5.74, 6) is -1.72. The Bertz CT molecular complexity index is 1220. The minimum atomic E-state index is -1.30. The van der Waals surface area contributed by atoms with Crippen LogP contribution in [0.15, 0.2) is 30.4 Å². The number of hydrogen-bond acceptors (Lipinski definition) is 9. The molecule has 0 aliphatic carbocycles. The van der Waals surface area contributed by atoms with Gasteiger partial charge in [-0.2, -0.15) is 0 Å². The maximum atomic E-state index is 13.7. The fourth-order valence-corrected chi connectivity index (χ4v) is 6.14. The number of fused-ring (bicyclic) bond motifs is 2. The van der Waals surface area contributed by atoms with Crippen LogP contribution in [0, 0.1) is 18.3 Å². The summed E-state index contributed by atoms with van der Waals surface area (Å²) in [7, 11) is 0. The molecule has 3 heterocycles. The van der Waals surface area contributed by atoms with Crippen LogP contribution in [-0.2, 0) is 23.8 Å². The second kappa shape index (κ2) is 11.7. The third-order valence-electron chi connectivity index (χ3n) is 8.29. The highest BCUT2D eigenvalue weighted by molar-refractivity contribution is 7.18. The average molecular weight is 560 g/mol. The van der Waals surface area contributed by atoms with Gasteiger partial charge in [0.2, 0.25) is 0 Å².